The molecule has 0 bridgehead atoms. The third kappa shape index (κ3) is 5.21. The fraction of sp³-hybridized carbons (Fsp3) is 0.387. The summed E-state index contributed by atoms with van der Waals surface area (Å²) < 4.78 is 11.5. The maximum atomic E-state index is 12.9. The van der Waals surface area contributed by atoms with E-state index in [1.807, 2.05) is 18.2 Å². The van der Waals surface area contributed by atoms with E-state index in [2.05, 4.69) is 52.4 Å². The van der Waals surface area contributed by atoms with Crippen LogP contribution in [0.15, 0.2) is 71.3 Å². The number of hydrogen-bond donors (Lipinski definition) is 2. The molecule has 1 saturated heterocycles. The third-order valence-corrected chi connectivity index (χ3v) is 7.59. The smallest absolute Gasteiger partial charge is 0.287 e. The van der Waals surface area contributed by atoms with Gasteiger partial charge in [-0.3, -0.25) is 9.69 Å². The van der Waals surface area contributed by atoms with Crippen LogP contribution in [0.5, 0.6) is 0 Å². The van der Waals surface area contributed by atoms with Gasteiger partial charge in [0.2, 0.25) is 0 Å². The quantitative estimate of drug-likeness (QED) is 0.509. The minimum Gasteiger partial charge on any atom is -0.459 e. The molecule has 0 unspecified atom stereocenters. The number of methoxy groups -OCH3 is 1. The van der Waals surface area contributed by atoms with Crippen LogP contribution in [0, 0.1) is 11.8 Å². The van der Waals surface area contributed by atoms with E-state index in [-0.39, 0.29) is 23.5 Å². The van der Waals surface area contributed by atoms with E-state index in [1.54, 1.807) is 33.1 Å². The number of amides is 1. The van der Waals surface area contributed by atoms with Gasteiger partial charge < -0.3 is 19.6 Å². The first kappa shape index (κ1) is 25.3. The van der Waals surface area contributed by atoms with Crippen LogP contribution in [0.2, 0.25) is 0 Å². The predicted octanol–water partition coefficient (Wildman–Crippen LogP) is 4.44. The molecule has 2 aliphatic rings. The van der Waals surface area contributed by atoms with Crippen LogP contribution in [0.1, 0.15) is 65.5 Å². The summed E-state index contributed by atoms with van der Waals surface area (Å²) in [6.45, 7) is 6.11. The van der Waals surface area contributed by atoms with E-state index in [0.717, 1.165) is 43.6 Å². The minimum atomic E-state index is -0.998. The monoisotopic (exact) mass is 498 g/mol. The molecule has 5 rings (SSSR count). The number of carbonyl (C=O) groups excluding carboxylic acids is 1. The molecule has 2 aromatic carbocycles. The number of aliphatic hydroxyl groups is 1. The fourth-order valence-electron chi connectivity index (χ4n) is 5.83. The number of fused-ring (bicyclic) bond motifs is 2. The largest absolute Gasteiger partial charge is 0.459 e. The van der Waals surface area contributed by atoms with Gasteiger partial charge in [-0.15, -0.1) is 0 Å². The number of rotatable bonds is 5. The van der Waals surface area contributed by atoms with Crippen molar-refractivity contribution in [2.75, 3.05) is 20.2 Å². The molecule has 0 radical (unpaired) electrons. The molecule has 1 aliphatic heterocycles. The summed E-state index contributed by atoms with van der Waals surface area (Å²) in [5.41, 5.74) is 3.40. The van der Waals surface area contributed by atoms with Crippen LogP contribution in [0.25, 0.3) is 0 Å². The van der Waals surface area contributed by atoms with Crippen molar-refractivity contribution in [3.8, 4) is 11.8 Å². The molecule has 1 fully saturated rings. The molecular weight excluding hydrogens is 464 g/mol. The van der Waals surface area contributed by atoms with Crippen LogP contribution >= 0.6 is 0 Å². The first-order valence-corrected chi connectivity index (χ1v) is 12.8. The highest BCUT2D eigenvalue weighted by Crippen LogP contribution is 2.52. The fourth-order valence-corrected chi connectivity index (χ4v) is 5.83. The lowest BCUT2D eigenvalue weighted by molar-refractivity contribution is -0.0124. The van der Waals surface area contributed by atoms with Gasteiger partial charge in [0.1, 0.15) is 5.60 Å². The predicted molar refractivity (Wildman–Crippen MR) is 142 cm³/mol. The van der Waals surface area contributed by atoms with Crippen molar-refractivity contribution in [2.24, 2.45) is 0 Å². The summed E-state index contributed by atoms with van der Waals surface area (Å²) in [6.07, 6.45) is 3.26. The first-order chi connectivity index (χ1) is 17.8. The van der Waals surface area contributed by atoms with Gasteiger partial charge in [0, 0.05) is 24.6 Å². The zero-order valence-corrected chi connectivity index (χ0v) is 21.7. The molecule has 37 heavy (non-hydrogen) atoms. The van der Waals surface area contributed by atoms with E-state index in [9.17, 15) is 9.90 Å². The summed E-state index contributed by atoms with van der Waals surface area (Å²) in [4.78, 5) is 15.4. The Labute approximate surface area is 218 Å². The highest BCUT2D eigenvalue weighted by Gasteiger charge is 2.54. The molecule has 192 valence electrons. The van der Waals surface area contributed by atoms with Crippen molar-refractivity contribution < 1.29 is 19.1 Å². The molecule has 1 spiro atoms. The highest BCUT2D eigenvalue weighted by molar-refractivity contribution is 5.91. The number of furan rings is 1. The average Bonchev–Trinajstić information content (AvgIpc) is 3.51. The molecule has 6 heteroatoms. The Kier molecular flexibility index (Phi) is 6.96. The minimum absolute atomic E-state index is 0.153. The van der Waals surface area contributed by atoms with E-state index in [0.29, 0.717) is 5.76 Å². The van der Waals surface area contributed by atoms with Crippen molar-refractivity contribution in [1.29, 1.82) is 0 Å². The number of nitrogens with one attached hydrogen (secondary N) is 1. The molecule has 1 amide bonds. The molecule has 2 heterocycles. The Morgan fingerprint density at radius 2 is 1.86 bits per heavy atom. The van der Waals surface area contributed by atoms with Crippen molar-refractivity contribution in [3.05, 3.63) is 94.9 Å². The summed E-state index contributed by atoms with van der Waals surface area (Å²) in [5.74, 6) is 5.97. The number of ether oxygens (including phenoxy) is 1. The zero-order valence-electron chi connectivity index (χ0n) is 21.7. The van der Waals surface area contributed by atoms with Crippen LogP contribution < -0.4 is 5.32 Å². The topological polar surface area (TPSA) is 74.9 Å². The van der Waals surface area contributed by atoms with Crippen LogP contribution in [-0.2, 0) is 16.7 Å². The van der Waals surface area contributed by atoms with Crippen molar-refractivity contribution >= 4 is 5.91 Å². The second-order valence-electron chi connectivity index (χ2n) is 10.6. The van der Waals surface area contributed by atoms with Gasteiger partial charge >= 0.3 is 0 Å². The van der Waals surface area contributed by atoms with Crippen molar-refractivity contribution in [3.63, 3.8) is 0 Å². The molecule has 2 atom stereocenters. The summed E-state index contributed by atoms with van der Waals surface area (Å²) in [7, 11) is 1.75. The molecule has 1 aromatic heterocycles. The molecule has 1 aliphatic carbocycles. The molecule has 0 saturated carbocycles. The van der Waals surface area contributed by atoms with Gasteiger partial charge in [-0.05, 0) is 80.7 Å². The Morgan fingerprint density at radius 3 is 2.51 bits per heavy atom. The number of piperidine rings is 1. The lowest BCUT2D eigenvalue weighted by Gasteiger charge is -2.44. The summed E-state index contributed by atoms with van der Waals surface area (Å²) in [6, 6.07) is 19.8. The van der Waals surface area contributed by atoms with E-state index in [1.165, 1.54) is 17.4 Å². The Morgan fingerprint density at radius 1 is 1.14 bits per heavy atom. The van der Waals surface area contributed by atoms with Gasteiger partial charge in [0.15, 0.2) is 5.76 Å². The van der Waals surface area contributed by atoms with Gasteiger partial charge in [0.25, 0.3) is 5.91 Å². The Hall–Kier alpha value is -3.37. The lowest BCUT2D eigenvalue weighted by Crippen LogP contribution is -2.50. The van der Waals surface area contributed by atoms with E-state index in [4.69, 9.17) is 9.15 Å². The maximum absolute atomic E-state index is 12.9. The lowest BCUT2D eigenvalue weighted by atomic mass is 9.72. The van der Waals surface area contributed by atoms with Crippen LogP contribution in [0.3, 0.4) is 0 Å². The first-order valence-electron chi connectivity index (χ1n) is 12.8. The molecule has 2 N–H and O–H groups in total. The van der Waals surface area contributed by atoms with Crippen molar-refractivity contribution in [2.45, 2.75) is 56.4 Å². The van der Waals surface area contributed by atoms with Crippen molar-refractivity contribution in [1.82, 2.24) is 10.2 Å². The standard InChI is InChI=1S/C31H34N2O4/c1-30(2,35)15-14-22-10-12-23(13-11-22)21-33-18-16-31(17-19-33)25-8-5-4-7-24(25)27(28(31)36-3)32-29(34)26-9-6-20-37-26/h4-13,20,27-28,35H,16-19,21H2,1-3H3,(H,32,34)/t27-,28+/m1/s1. The van der Waals surface area contributed by atoms with E-state index < -0.39 is 5.60 Å². The zero-order chi connectivity index (χ0) is 26.0. The Bertz CT molecular complexity index is 1290. The normalized spacial score (nSPS) is 20.8. The Balaban J connectivity index is 1.30. The van der Waals surface area contributed by atoms with Crippen LogP contribution in [0.4, 0.5) is 0 Å². The molecule has 3 aromatic rings. The maximum Gasteiger partial charge on any atom is 0.287 e. The number of carbonyl (C=O) groups is 1. The van der Waals surface area contributed by atoms with Gasteiger partial charge in [-0.1, -0.05) is 48.2 Å². The molecule has 6 nitrogen and oxygen atoms in total. The number of likely N-dealkylation sites (tertiary alicyclic amines) is 1. The second kappa shape index (κ2) is 10.2. The number of hydrogen-bond acceptors (Lipinski definition) is 5. The number of benzene rings is 2. The highest BCUT2D eigenvalue weighted by atomic mass is 16.5. The second-order valence-corrected chi connectivity index (χ2v) is 10.6. The van der Waals surface area contributed by atoms with E-state index >= 15 is 0 Å². The number of nitrogens with zero attached hydrogens (tertiary/aromatic N) is 1. The molecular formula is C31H34N2O4. The average molecular weight is 499 g/mol. The summed E-state index contributed by atoms with van der Waals surface area (Å²) in [5, 5.41) is 13.0. The van der Waals surface area contributed by atoms with Crippen LogP contribution in [-0.4, -0.2) is 47.8 Å². The van der Waals surface area contributed by atoms with Gasteiger partial charge in [-0.2, -0.15) is 0 Å². The SMILES string of the molecule is CO[C@H]1[C@H](NC(=O)c2ccco2)c2ccccc2C12CCN(Cc1ccc(C#CC(C)(C)O)cc1)CC2. The van der Waals surface area contributed by atoms with Gasteiger partial charge in [-0.25, -0.2) is 0 Å². The van der Waals surface area contributed by atoms with Gasteiger partial charge in [0.05, 0.1) is 18.4 Å². The summed E-state index contributed by atoms with van der Waals surface area (Å²) >= 11 is 0. The third-order valence-electron chi connectivity index (χ3n) is 7.59.